The number of benzene rings is 6. The van der Waals surface area contributed by atoms with E-state index in [9.17, 15) is 86.3 Å². The Hall–Kier alpha value is -9.24. The summed E-state index contributed by atoms with van der Waals surface area (Å²) >= 11 is 24.2. The van der Waals surface area contributed by atoms with Crippen LogP contribution in [0.2, 0.25) is 0 Å². The SMILES string of the molecule is C[C@@H](NC(=O)c1ccccc1SC(=O)OCCBr)C(N)=O.C[C@H](NC(=O)c1ccccc1SC(=O)OCCBr)C(N)=O.NC(=O)CCNC(=O)c1ccccc1SC(=O)NCCBr.NC(=O)CCNC(=O)c1ccccc1SC(=O)OCCBr.NC(=O)CNC(=O)c1ccccc1SC(=O)NCCBr.NC(=O)CNC(=O)c1ccccc1SC(=O)OCCBr. The van der Waals surface area contributed by atoms with Crippen LogP contribution in [-0.4, -0.2) is 212 Å². The number of halogens is 6. The van der Waals surface area contributed by atoms with Gasteiger partial charge in [0.25, 0.3) is 45.9 Å². The van der Waals surface area contributed by atoms with Crippen molar-refractivity contribution in [2.45, 2.75) is 68.1 Å². The lowest BCUT2D eigenvalue weighted by Crippen LogP contribution is -2.42. The number of carbonyl (C=O) groups excluding carboxylic acids is 18. The van der Waals surface area contributed by atoms with Crippen LogP contribution in [0.3, 0.4) is 0 Å². The fraction of sp³-hybridized carbons (Fsp3) is 0.289. The number of nitrogens with one attached hydrogen (secondary N) is 8. The van der Waals surface area contributed by atoms with E-state index in [0.717, 1.165) is 70.6 Å². The predicted molar refractivity (Wildman–Crippen MR) is 496 cm³/mol. The molecule has 0 spiro atoms. The number of nitrogens with two attached hydrogens (primary N) is 6. The molecule has 0 heterocycles. The quantitative estimate of drug-likeness (QED) is 0.00741. The van der Waals surface area contributed by atoms with Gasteiger partial charge in [-0.25, -0.2) is 19.2 Å². The van der Waals surface area contributed by atoms with Gasteiger partial charge in [-0.1, -0.05) is 168 Å². The van der Waals surface area contributed by atoms with Gasteiger partial charge >= 0.3 is 21.2 Å². The van der Waals surface area contributed by atoms with Gasteiger partial charge < -0.3 is 95.9 Å². The molecular weight excluding hydrogens is 2130 g/mol. The molecule has 48 heteroatoms. The zero-order chi connectivity index (χ0) is 92.9. The van der Waals surface area contributed by atoms with Gasteiger partial charge in [0, 0.05) is 100 Å². The van der Waals surface area contributed by atoms with Gasteiger partial charge in [-0.15, -0.1) is 0 Å². The maximum Gasteiger partial charge on any atom is 0.372 e. The standard InChI is InChI=1S/C13H16BrN3O3S.3C13H15BrN2O4S.C12H14BrN3O3S.C12H13BrN2O4S/c14-6-8-17-13(20)21-10-4-2-1-3-9(10)12(19)16-7-5-11(15)18;2*1-8(11(15)17)16-12(18)9-4-2-3-5-10(9)21-13(19)20-7-6-14;14-6-8-20-13(19)21-10-4-2-1-3-9(10)12(18)16-7-5-11(15)17;13-5-6-15-12(19)20-9-4-2-1-3-8(9)11(18)16-7-10(14)17;13-5-6-19-12(18)20-9-4-2-1-3-8(9)11(17)15-7-10(14)16/h1-4H,5-8H2,(H2,15,18)(H,16,19)(H,17,20);2*2-5,8H,6-7H2,1H3,(H2,15,17)(H,16,18);1-4H,5-8H2,(H2,15,17)(H,16,18);1-4H,5-7H2,(H2,14,17)(H,15,19)(H,16,18);1-4H,5-7H2,(H2,14,16)(H,15,17)/t;2*8-;;;/m.10.../s1. The maximum atomic E-state index is 12.1. The van der Waals surface area contributed by atoms with Crippen LogP contribution in [0.1, 0.15) is 88.8 Å². The predicted octanol–water partition coefficient (Wildman–Crippen LogP) is 9.86. The second kappa shape index (κ2) is 67.2. The Kier molecular flexibility index (Phi) is 61.1. The van der Waals surface area contributed by atoms with Crippen molar-refractivity contribution in [1.29, 1.82) is 0 Å². The van der Waals surface area contributed by atoms with Crippen LogP contribution in [0.4, 0.5) is 28.8 Å². The van der Waals surface area contributed by atoms with E-state index in [0.29, 0.717) is 91.1 Å². The van der Waals surface area contributed by atoms with E-state index in [1.54, 1.807) is 146 Å². The first-order valence-electron chi connectivity index (χ1n) is 35.7. The number of hydrogen-bond acceptors (Lipinski definition) is 28. The summed E-state index contributed by atoms with van der Waals surface area (Å²) in [6.07, 6.45) is 0.140. The summed E-state index contributed by atoms with van der Waals surface area (Å²) in [6.45, 7) is 4.82. The lowest BCUT2D eigenvalue weighted by atomic mass is 10.2. The molecule has 0 aliphatic heterocycles. The van der Waals surface area contributed by atoms with Crippen molar-refractivity contribution >= 4 is 269 Å². The summed E-state index contributed by atoms with van der Waals surface area (Å²) in [6, 6.07) is 38.2. The molecule has 20 N–H and O–H groups in total. The van der Waals surface area contributed by atoms with Gasteiger partial charge in [-0.2, -0.15) is 0 Å². The Bertz CT molecular complexity index is 4320. The van der Waals surface area contributed by atoms with E-state index < -0.39 is 92.4 Å². The zero-order valence-corrected chi connectivity index (χ0v) is 80.3. The van der Waals surface area contributed by atoms with E-state index >= 15 is 0 Å². The first-order chi connectivity index (χ1) is 59.1. The minimum Gasteiger partial charge on any atom is -0.456 e. The number of primary amides is 6. The average Bonchev–Trinajstić information content (AvgIpc) is 0.838. The van der Waals surface area contributed by atoms with Crippen LogP contribution in [0.5, 0.6) is 0 Å². The van der Waals surface area contributed by atoms with E-state index in [1.807, 2.05) is 0 Å². The smallest absolute Gasteiger partial charge is 0.372 e. The second-order valence-corrected chi connectivity index (χ2v) is 33.7. The number of hydrogen-bond donors (Lipinski definition) is 14. The molecule has 0 fully saturated rings. The van der Waals surface area contributed by atoms with Crippen molar-refractivity contribution in [2.75, 3.05) is 97.7 Å². The van der Waals surface area contributed by atoms with Gasteiger partial charge in [-0.3, -0.25) is 67.1 Å². The minimum atomic E-state index is -0.795. The molecule has 0 saturated heterocycles. The van der Waals surface area contributed by atoms with E-state index in [2.05, 4.69) is 138 Å². The lowest BCUT2D eigenvalue weighted by molar-refractivity contribution is -0.120. The van der Waals surface area contributed by atoms with E-state index in [4.69, 9.17) is 53.3 Å². The molecule has 6 aromatic rings. The third-order valence-electron chi connectivity index (χ3n) is 13.6. The van der Waals surface area contributed by atoms with Crippen molar-refractivity contribution < 1.29 is 105 Å². The fourth-order valence-electron chi connectivity index (χ4n) is 8.00. The molecule has 0 unspecified atom stereocenters. The topological polar surface area (TPSA) is 597 Å². The molecule has 672 valence electrons. The molecule has 0 aromatic heterocycles. The zero-order valence-electron chi connectivity index (χ0n) is 65.9. The lowest BCUT2D eigenvalue weighted by Gasteiger charge is -2.12. The molecular formula is C76H88Br6N14O22S6. The van der Waals surface area contributed by atoms with Crippen molar-refractivity contribution in [3.63, 3.8) is 0 Å². The molecule has 2 atom stereocenters. The second-order valence-electron chi connectivity index (χ2n) is 23.0. The summed E-state index contributed by atoms with van der Waals surface area (Å²) in [4.78, 5) is 209. The third-order valence-corrected chi connectivity index (χ3v) is 20.9. The van der Waals surface area contributed by atoms with Crippen LogP contribution in [0.15, 0.2) is 175 Å². The first-order valence-corrected chi connectivity index (χ1v) is 47.4. The fourth-order valence-corrected chi connectivity index (χ4v) is 13.6. The molecule has 6 aromatic carbocycles. The van der Waals surface area contributed by atoms with Crippen molar-refractivity contribution in [2.24, 2.45) is 34.4 Å². The number of carbonyl (C=O) groups is 18. The highest BCUT2D eigenvalue weighted by Gasteiger charge is 2.24. The highest BCUT2D eigenvalue weighted by atomic mass is 79.9. The van der Waals surface area contributed by atoms with Crippen molar-refractivity contribution in [3.05, 3.63) is 179 Å². The first kappa shape index (κ1) is 113. The highest BCUT2D eigenvalue weighted by Crippen LogP contribution is 2.30. The third kappa shape index (κ3) is 50.6. The van der Waals surface area contributed by atoms with Crippen LogP contribution in [-0.2, 0) is 47.7 Å². The van der Waals surface area contributed by atoms with Gasteiger partial charge in [-0.05, 0) is 157 Å². The number of alkyl halides is 6. The van der Waals surface area contributed by atoms with Gasteiger partial charge in [0.2, 0.25) is 35.4 Å². The van der Waals surface area contributed by atoms with Crippen molar-refractivity contribution in [1.82, 2.24) is 42.5 Å². The summed E-state index contributed by atoms with van der Waals surface area (Å²) < 4.78 is 19.7. The molecule has 14 amide bonds. The molecule has 6 rings (SSSR count). The number of rotatable bonds is 38. The Labute approximate surface area is 788 Å². The molecule has 124 heavy (non-hydrogen) atoms. The number of ether oxygens (including phenoxy) is 4. The minimum absolute atomic E-state index is 0.0638. The number of amides is 14. The van der Waals surface area contributed by atoms with Crippen molar-refractivity contribution in [3.8, 4) is 0 Å². The molecule has 0 aliphatic carbocycles. The molecule has 0 aliphatic rings. The van der Waals surface area contributed by atoms with Gasteiger partial charge in [0.05, 0.1) is 46.5 Å². The average molecular weight is 2220 g/mol. The molecule has 0 saturated carbocycles. The summed E-state index contributed by atoms with van der Waals surface area (Å²) in [7, 11) is 0. The Morgan fingerprint density at radius 3 is 0.710 bits per heavy atom. The van der Waals surface area contributed by atoms with Crippen LogP contribution in [0, 0.1) is 0 Å². The van der Waals surface area contributed by atoms with Crippen LogP contribution in [0.25, 0.3) is 0 Å². The largest absolute Gasteiger partial charge is 0.456 e. The highest BCUT2D eigenvalue weighted by molar-refractivity contribution is 9.10. The van der Waals surface area contributed by atoms with E-state index in [-0.39, 0.29) is 104 Å². The van der Waals surface area contributed by atoms with Gasteiger partial charge in [0.1, 0.15) is 38.5 Å². The van der Waals surface area contributed by atoms with Gasteiger partial charge in [0.15, 0.2) is 0 Å². The molecule has 0 radical (unpaired) electrons. The number of thioether (sulfide) groups is 6. The molecule has 0 bridgehead atoms. The Balaban J connectivity index is 0.000000744. The monoisotopic (exact) mass is 2210 g/mol. The molecule has 36 nitrogen and oxygen atoms in total. The Morgan fingerprint density at radius 2 is 0.500 bits per heavy atom. The van der Waals surface area contributed by atoms with Crippen LogP contribution >= 0.6 is 166 Å². The Morgan fingerprint density at radius 1 is 0.282 bits per heavy atom. The maximum absolute atomic E-state index is 12.1. The van der Waals surface area contributed by atoms with Crippen LogP contribution < -0.4 is 76.9 Å². The van der Waals surface area contributed by atoms with E-state index in [1.165, 1.54) is 13.8 Å². The summed E-state index contributed by atoms with van der Waals surface area (Å²) in [5.74, 6) is -6.08. The summed E-state index contributed by atoms with van der Waals surface area (Å²) in [5, 5.41) is 21.2. The normalized spacial score (nSPS) is 10.5. The summed E-state index contributed by atoms with van der Waals surface area (Å²) in [5.41, 5.74) is 32.0.